The quantitative estimate of drug-likeness (QED) is 0.0195. The number of hydrogen-bond donors (Lipinski definition) is 6. The standard InChI is InChI=1S/C64H105NO10/c1-4-7-10-13-16-19-22-24-26-28-30-31-33-36-39-42-45-48-51-57(68)63(72)65-55(56(67)50-47-44-41-38-35-21-18-15-12-9-6-3)54-73-64-62(61(71)60(70)58(53-66)74-64)75-59(69)52-49-46-43-40-37-34-32-29-27-25-23-20-17-14-11-8-5-2/h8,11,16-17,19-20,24-27,30-32,34,36,39-40,43,47,50,55-58,60-62,64,66-68,70-71H,4-7,9-10,12-15,18,21-23,28-29,33,35,37-38,41-42,44-46,48-49,51-54H2,1-3H3,(H,65,72)/b11-8-,19-16-,20-17-,26-24-,27-25-,31-30-,34-32-,39-36-,43-40-,50-47+. The van der Waals surface area contributed by atoms with Gasteiger partial charge in [0.25, 0.3) is 0 Å². The fourth-order valence-corrected chi connectivity index (χ4v) is 8.20. The second-order valence-electron chi connectivity index (χ2n) is 19.6. The van der Waals surface area contributed by atoms with Crippen LogP contribution in [0.3, 0.4) is 0 Å². The number of unbranched alkanes of at least 4 members (excludes halogenated alkanes) is 15. The highest BCUT2D eigenvalue weighted by molar-refractivity contribution is 5.80. The molecule has 1 aliphatic heterocycles. The molecule has 11 heteroatoms. The lowest BCUT2D eigenvalue weighted by Gasteiger charge is -2.41. The number of allylic oxidation sites excluding steroid dienone is 19. The van der Waals surface area contributed by atoms with E-state index in [-0.39, 0.29) is 19.4 Å². The summed E-state index contributed by atoms with van der Waals surface area (Å²) in [4.78, 5) is 26.4. The van der Waals surface area contributed by atoms with Gasteiger partial charge in [0.2, 0.25) is 5.91 Å². The van der Waals surface area contributed by atoms with Crippen LogP contribution in [0.4, 0.5) is 0 Å². The van der Waals surface area contributed by atoms with Crippen LogP contribution in [0.1, 0.15) is 207 Å². The molecule has 0 bridgehead atoms. The fourth-order valence-electron chi connectivity index (χ4n) is 8.20. The molecule has 0 aromatic heterocycles. The van der Waals surface area contributed by atoms with Gasteiger partial charge >= 0.3 is 5.97 Å². The average molecular weight is 1050 g/mol. The van der Waals surface area contributed by atoms with Crippen molar-refractivity contribution in [3.63, 3.8) is 0 Å². The Bertz CT molecular complexity index is 1680. The maximum Gasteiger partial charge on any atom is 0.306 e. The molecule has 0 aromatic carbocycles. The number of esters is 1. The van der Waals surface area contributed by atoms with Crippen LogP contribution in [0.5, 0.6) is 0 Å². The number of carbonyl (C=O) groups excluding carboxylic acids is 2. The monoisotopic (exact) mass is 1050 g/mol. The maximum atomic E-state index is 13.4. The number of rotatable bonds is 47. The van der Waals surface area contributed by atoms with E-state index >= 15 is 0 Å². The topological polar surface area (TPSA) is 175 Å². The largest absolute Gasteiger partial charge is 0.454 e. The number of hydrogen-bond acceptors (Lipinski definition) is 10. The van der Waals surface area contributed by atoms with Crippen LogP contribution in [0, 0.1) is 0 Å². The first-order chi connectivity index (χ1) is 36.7. The molecule has 0 radical (unpaired) electrons. The lowest BCUT2D eigenvalue weighted by atomic mass is 9.99. The van der Waals surface area contributed by atoms with Crippen molar-refractivity contribution < 1.29 is 49.3 Å². The van der Waals surface area contributed by atoms with Gasteiger partial charge < -0.3 is 45.1 Å². The Morgan fingerprint density at radius 1 is 0.533 bits per heavy atom. The van der Waals surface area contributed by atoms with E-state index < -0.39 is 67.4 Å². The Morgan fingerprint density at radius 2 is 0.960 bits per heavy atom. The average Bonchev–Trinajstić information content (AvgIpc) is 3.41. The summed E-state index contributed by atoms with van der Waals surface area (Å²) in [6.45, 7) is 5.56. The zero-order valence-corrected chi connectivity index (χ0v) is 46.9. The molecule has 1 saturated heterocycles. The molecule has 8 unspecified atom stereocenters. The Kier molecular flexibility index (Phi) is 46.8. The highest BCUT2D eigenvalue weighted by Gasteiger charge is 2.47. The second-order valence-corrected chi connectivity index (χ2v) is 19.6. The maximum absolute atomic E-state index is 13.4. The van der Waals surface area contributed by atoms with Gasteiger partial charge in [0, 0.05) is 6.42 Å². The summed E-state index contributed by atoms with van der Waals surface area (Å²) < 4.78 is 17.5. The number of carbonyl (C=O) groups is 2. The minimum Gasteiger partial charge on any atom is -0.454 e. The van der Waals surface area contributed by atoms with Gasteiger partial charge in [-0.15, -0.1) is 0 Å². The van der Waals surface area contributed by atoms with Crippen molar-refractivity contribution in [2.75, 3.05) is 13.2 Å². The summed E-state index contributed by atoms with van der Waals surface area (Å²) in [6.07, 6.45) is 59.6. The van der Waals surface area contributed by atoms with Crippen LogP contribution >= 0.6 is 0 Å². The van der Waals surface area contributed by atoms with Crippen LogP contribution in [0.25, 0.3) is 0 Å². The van der Waals surface area contributed by atoms with Gasteiger partial charge in [0.1, 0.15) is 24.4 Å². The van der Waals surface area contributed by atoms with Crippen LogP contribution < -0.4 is 5.32 Å². The van der Waals surface area contributed by atoms with Crippen molar-refractivity contribution in [2.24, 2.45) is 0 Å². The molecule has 1 rings (SSSR count). The predicted molar refractivity (Wildman–Crippen MR) is 310 cm³/mol. The number of nitrogens with one attached hydrogen (secondary N) is 1. The van der Waals surface area contributed by atoms with E-state index in [2.05, 4.69) is 123 Å². The predicted octanol–water partition coefficient (Wildman–Crippen LogP) is 13.5. The van der Waals surface area contributed by atoms with Gasteiger partial charge in [-0.3, -0.25) is 9.59 Å². The lowest BCUT2D eigenvalue weighted by Crippen LogP contribution is -2.61. The molecule has 0 aromatic rings. The van der Waals surface area contributed by atoms with Gasteiger partial charge in [0.05, 0.1) is 25.4 Å². The molecule has 1 amide bonds. The van der Waals surface area contributed by atoms with Crippen molar-refractivity contribution in [1.29, 1.82) is 0 Å². The van der Waals surface area contributed by atoms with E-state index in [0.717, 1.165) is 96.3 Å². The third-order valence-electron chi connectivity index (χ3n) is 12.8. The lowest BCUT2D eigenvalue weighted by molar-refractivity contribution is -0.305. The summed E-state index contributed by atoms with van der Waals surface area (Å²) in [5.74, 6) is -1.30. The molecule has 6 N–H and O–H groups in total. The van der Waals surface area contributed by atoms with Gasteiger partial charge in [-0.05, 0) is 109 Å². The zero-order chi connectivity index (χ0) is 54.7. The van der Waals surface area contributed by atoms with Crippen molar-refractivity contribution in [3.8, 4) is 0 Å². The number of amides is 1. The van der Waals surface area contributed by atoms with Gasteiger partial charge in [-0.2, -0.15) is 0 Å². The summed E-state index contributed by atoms with van der Waals surface area (Å²) in [5, 5.41) is 56.8. The summed E-state index contributed by atoms with van der Waals surface area (Å²) in [5.41, 5.74) is 0. The molecule has 75 heavy (non-hydrogen) atoms. The molecule has 426 valence electrons. The molecular weight excluding hydrogens is 943 g/mol. The van der Waals surface area contributed by atoms with Crippen molar-refractivity contribution >= 4 is 11.9 Å². The van der Waals surface area contributed by atoms with E-state index in [0.29, 0.717) is 19.3 Å². The van der Waals surface area contributed by atoms with Crippen LogP contribution in [0.15, 0.2) is 122 Å². The highest BCUT2D eigenvalue weighted by atomic mass is 16.7. The minimum absolute atomic E-state index is 0.0341. The van der Waals surface area contributed by atoms with E-state index in [1.807, 2.05) is 18.2 Å². The molecule has 0 spiro atoms. The smallest absolute Gasteiger partial charge is 0.306 e. The highest BCUT2D eigenvalue weighted by Crippen LogP contribution is 2.26. The molecule has 1 heterocycles. The molecule has 11 nitrogen and oxygen atoms in total. The van der Waals surface area contributed by atoms with E-state index in [4.69, 9.17) is 14.2 Å². The summed E-state index contributed by atoms with van der Waals surface area (Å²) in [7, 11) is 0. The molecule has 8 atom stereocenters. The van der Waals surface area contributed by atoms with Gasteiger partial charge in [-0.1, -0.05) is 213 Å². The minimum atomic E-state index is -1.65. The Morgan fingerprint density at radius 3 is 1.47 bits per heavy atom. The van der Waals surface area contributed by atoms with Crippen LogP contribution in [-0.2, 0) is 23.8 Å². The second kappa shape index (κ2) is 50.9. The fraction of sp³-hybridized carbons (Fsp3) is 0.656. The molecular formula is C64H105NO10. The van der Waals surface area contributed by atoms with Crippen molar-refractivity contribution in [1.82, 2.24) is 5.32 Å². The first kappa shape index (κ1) is 69.1. The van der Waals surface area contributed by atoms with Crippen molar-refractivity contribution in [3.05, 3.63) is 122 Å². The Labute approximate surface area is 455 Å². The van der Waals surface area contributed by atoms with Gasteiger partial charge in [-0.25, -0.2) is 0 Å². The van der Waals surface area contributed by atoms with E-state index in [1.54, 1.807) is 6.08 Å². The first-order valence-corrected chi connectivity index (χ1v) is 29.3. The Balaban J connectivity index is 2.78. The number of ether oxygens (including phenoxy) is 3. The number of aliphatic hydroxyl groups excluding tert-OH is 5. The Hall–Kier alpha value is -3.94. The van der Waals surface area contributed by atoms with E-state index in [9.17, 15) is 35.1 Å². The third kappa shape index (κ3) is 39.1. The van der Waals surface area contributed by atoms with E-state index in [1.165, 1.54) is 57.8 Å². The van der Waals surface area contributed by atoms with Gasteiger partial charge in [0.15, 0.2) is 12.4 Å². The SMILES string of the molecule is CC/C=C\C/C=C\C/C=C\C/C=C\C/C=C\CCCC(=O)OC1C(OCC(NC(=O)C(O)CCCC/C=C\C/C=C\C/C=C\C/C=C\CCCCC)C(O)/C=C/CCCCCCCCCCC)OC(CO)C(O)C1O. The zero-order valence-electron chi connectivity index (χ0n) is 46.9. The summed E-state index contributed by atoms with van der Waals surface area (Å²) in [6, 6.07) is -1.06. The summed E-state index contributed by atoms with van der Waals surface area (Å²) >= 11 is 0. The van der Waals surface area contributed by atoms with Crippen molar-refractivity contribution in [2.45, 2.75) is 256 Å². The van der Waals surface area contributed by atoms with Crippen LogP contribution in [0.2, 0.25) is 0 Å². The van der Waals surface area contributed by atoms with Crippen LogP contribution in [-0.4, -0.2) is 99.6 Å². The first-order valence-electron chi connectivity index (χ1n) is 29.3. The third-order valence-corrected chi connectivity index (χ3v) is 12.8. The number of aliphatic hydroxyl groups is 5. The molecule has 0 aliphatic carbocycles. The molecule has 1 aliphatic rings. The normalized spacial score (nSPS) is 20.1. The molecule has 1 fully saturated rings. The molecule has 0 saturated carbocycles.